The van der Waals surface area contributed by atoms with Gasteiger partial charge >= 0.3 is 6.09 Å². The Morgan fingerprint density at radius 3 is 2.82 bits per heavy atom. The van der Waals surface area contributed by atoms with E-state index in [1.807, 2.05) is 47.0 Å². The van der Waals surface area contributed by atoms with Gasteiger partial charge in [-0.15, -0.1) is 0 Å². The standard InChI is InChI=1S/C21H17FN4O2/c22-15-5-3-7-17(13-15)28-21(27)23-12-11-16-6-4-10-20(25-16)26-14-24-18-8-1-2-9-19(18)26/h1-10,13-14H,11-12H2,(H,23,27). The Kier molecular flexibility index (Phi) is 4.97. The van der Waals surface area contributed by atoms with E-state index >= 15 is 0 Å². The average Bonchev–Trinajstić information content (AvgIpc) is 3.12. The van der Waals surface area contributed by atoms with Crippen molar-refractivity contribution >= 4 is 17.1 Å². The maximum absolute atomic E-state index is 13.1. The number of hydrogen-bond donors (Lipinski definition) is 1. The van der Waals surface area contributed by atoms with Gasteiger partial charge in [0.15, 0.2) is 0 Å². The highest BCUT2D eigenvalue weighted by molar-refractivity contribution is 5.76. The Labute approximate surface area is 160 Å². The van der Waals surface area contributed by atoms with Gasteiger partial charge in [0, 0.05) is 24.7 Å². The van der Waals surface area contributed by atoms with Crippen LogP contribution >= 0.6 is 0 Å². The Hall–Kier alpha value is -3.74. The van der Waals surface area contributed by atoms with Crippen LogP contribution in [-0.2, 0) is 6.42 Å². The van der Waals surface area contributed by atoms with Crippen LogP contribution in [0.15, 0.2) is 73.1 Å². The lowest BCUT2D eigenvalue weighted by atomic mass is 10.2. The molecule has 0 aliphatic rings. The summed E-state index contributed by atoms with van der Waals surface area (Å²) < 4.78 is 20.1. The van der Waals surface area contributed by atoms with Gasteiger partial charge in [0.05, 0.1) is 11.0 Å². The molecule has 6 nitrogen and oxygen atoms in total. The van der Waals surface area contributed by atoms with Crippen LogP contribution in [0.5, 0.6) is 5.75 Å². The number of imidazole rings is 1. The van der Waals surface area contributed by atoms with E-state index in [2.05, 4.69) is 15.3 Å². The Bertz CT molecular complexity index is 1130. The number of pyridine rings is 1. The van der Waals surface area contributed by atoms with E-state index in [1.165, 1.54) is 18.2 Å². The molecule has 0 fully saturated rings. The number of halogens is 1. The molecule has 2 heterocycles. The first-order valence-electron chi connectivity index (χ1n) is 8.79. The third-order valence-corrected chi connectivity index (χ3v) is 4.15. The molecule has 0 radical (unpaired) electrons. The van der Waals surface area contributed by atoms with Gasteiger partial charge < -0.3 is 10.1 Å². The summed E-state index contributed by atoms with van der Waals surface area (Å²) in [5.41, 5.74) is 2.70. The van der Waals surface area contributed by atoms with Gasteiger partial charge in [-0.05, 0) is 36.4 Å². The first-order chi connectivity index (χ1) is 13.7. The van der Waals surface area contributed by atoms with Crippen molar-refractivity contribution in [1.29, 1.82) is 0 Å². The molecular weight excluding hydrogens is 359 g/mol. The summed E-state index contributed by atoms with van der Waals surface area (Å²) >= 11 is 0. The minimum absolute atomic E-state index is 0.157. The zero-order valence-corrected chi connectivity index (χ0v) is 14.9. The second-order valence-corrected chi connectivity index (χ2v) is 6.11. The third kappa shape index (κ3) is 3.98. The van der Waals surface area contributed by atoms with E-state index in [1.54, 1.807) is 6.33 Å². The summed E-state index contributed by atoms with van der Waals surface area (Å²) in [6, 6.07) is 19.0. The van der Waals surface area contributed by atoms with Crippen LogP contribution in [-0.4, -0.2) is 27.2 Å². The van der Waals surface area contributed by atoms with Crippen LogP contribution in [0.25, 0.3) is 16.9 Å². The lowest BCUT2D eigenvalue weighted by Gasteiger charge is -2.08. The van der Waals surface area contributed by atoms with E-state index in [-0.39, 0.29) is 5.75 Å². The number of nitrogens with one attached hydrogen (secondary N) is 1. The molecule has 4 aromatic rings. The highest BCUT2D eigenvalue weighted by atomic mass is 19.1. The van der Waals surface area contributed by atoms with Crippen molar-refractivity contribution in [1.82, 2.24) is 19.9 Å². The Balaban J connectivity index is 1.38. The van der Waals surface area contributed by atoms with E-state index in [9.17, 15) is 9.18 Å². The second-order valence-electron chi connectivity index (χ2n) is 6.11. The minimum Gasteiger partial charge on any atom is -0.410 e. The molecule has 0 saturated heterocycles. The van der Waals surface area contributed by atoms with E-state index in [4.69, 9.17) is 4.74 Å². The van der Waals surface area contributed by atoms with Gasteiger partial charge in [0.2, 0.25) is 0 Å². The molecule has 0 bridgehead atoms. The molecule has 2 aromatic carbocycles. The predicted molar refractivity (Wildman–Crippen MR) is 103 cm³/mol. The third-order valence-electron chi connectivity index (χ3n) is 4.15. The van der Waals surface area contributed by atoms with Crippen LogP contribution in [0.3, 0.4) is 0 Å². The fourth-order valence-corrected chi connectivity index (χ4v) is 2.85. The number of amides is 1. The molecule has 0 saturated carbocycles. The molecule has 1 N–H and O–H groups in total. The number of aromatic nitrogens is 3. The smallest absolute Gasteiger partial charge is 0.410 e. The molecular formula is C21H17FN4O2. The van der Waals surface area contributed by atoms with Gasteiger partial charge in [-0.3, -0.25) is 4.57 Å². The summed E-state index contributed by atoms with van der Waals surface area (Å²) in [6.45, 7) is 0.343. The summed E-state index contributed by atoms with van der Waals surface area (Å²) in [7, 11) is 0. The van der Waals surface area contributed by atoms with Gasteiger partial charge in [0.25, 0.3) is 0 Å². The SMILES string of the molecule is O=C(NCCc1cccc(-n2cnc3ccccc32)n1)Oc1cccc(F)c1. The van der Waals surface area contributed by atoms with Gasteiger partial charge in [-0.25, -0.2) is 19.2 Å². The summed E-state index contributed by atoms with van der Waals surface area (Å²) in [5.74, 6) is 0.455. The number of benzene rings is 2. The fraction of sp³-hybridized carbons (Fsp3) is 0.0952. The van der Waals surface area contributed by atoms with Crippen LogP contribution in [0.2, 0.25) is 0 Å². The molecule has 28 heavy (non-hydrogen) atoms. The first kappa shape index (κ1) is 17.7. The lowest BCUT2D eigenvalue weighted by molar-refractivity contribution is 0.200. The van der Waals surface area contributed by atoms with Crippen molar-refractivity contribution < 1.29 is 13.9 Å². The van der Waals surface area contributed by atoms with E-state index in [0.29, 0.717) is 13.0 Å². The maximum Gasteiger partial charge on any atom is 0.412 e. The molecule has 0 atom stereocenters. The normalized spacial score (nSPS) is 10.8. The summed E-state index contributed by atoms with van der Waals surface area (Å²) in [4.78, 5) is 20.8. The monoisotopic (exact) mass is 376 g/mol. The maximum atomic E-state index is 13.1. The van der Waals surface area contributed by atoms with Crippen molar-refractivity contribution in [2.45, 2.75) is 6.42 Å². The molecule has 1 amide bonds. The molecule has 0 aliphatic carbocycles. The average molecular weight is 376 g/mol. The molecule has 4 rings (SSSR count). The van der Waals surface area contributed by atoms with Crippen LogP contribution in [0.1, 0.15) is 5.69 Å². The molecule has 140 valence electrons. The number of nitrogens with zero attached hydrogens (tertiary/aromatic N) is 3. The predicted octanol–water partition coefficient (Wildman–Crippen LogP) is 3.89. The number of hydrogen-bond acceptors (Lipinski definition) is 4. The summed E-state index contributed by atoms with van der Waals surface area (Å²) in [5, 5.41) is 2.64. The van der Waals surface area contributed by atoms with Crippen LogP contribution in [0.4, 0.5) is 9.18 Å². The van der Waals surface area contributed by atoms with Gasteiger partial charge in [0.1, 0.15) is 23.7 Å². The highest BCUT2D eigenvalue weighted by Gasteiger charge is 2.07. The number of carbonyl (C=O) groups excluding carboxylic acids is 1. The fourth-order valence-electron chi connectivity index (χ4n) is 2.85. The van der Waals surface area contributed by atoms with E-state index < -0.39 is 11.9 Å². The van der Waals surface area contributed by atoms with E-state index in [0.717, 1.165) is 28.6 Å². The molecule has 0 spiro atoms. The van der Waals surface area contributed by atoms with Crippen molar-refractivity contribution in [2.75, 3.05) is 6.54 Å². The molecule has 2 aromatic heterocycles. The highest BCUT2D eigenvalue weighted by Crippen LogP contribution is 2.16. The molecule has 7 heteroatoms. The minimum atomic E-state index is -0.637. The van der Waals surface area contributed by atoms with Crippen LogP contribution in [0, 0.1) is 5.82 Å². The zero-order chi connectivity index (χ0) is 19.3. The lowest BCUT2D eigenvalue weighted by Crippen LogP contribution is -2.29. The van der Waals surface area contributed by atoms with Crippen molar-refractivity contribution in [3.8, 4) is 11.6 Å². The number of rotatable bonds is 5. The van der Waals surface area contributed by atoms with Crippen molar-refractivity contribution in [3.63, 3.8) is 0 Å². The van der Waals surface area contributed by atoms with Gasteiger partial charge in [-0.2, -0.15) is 0 Å². The molecule has 0 unspecified atom stereocenters. The number of carbonyl (C=O) groups is 1. The molecule has 0 aliphatic heterocycles. The van der Waals surface area contributed by atoms with Crippen LogP contribution < -0.4 is 10.1 Å². The number of fused-ring (bicyclic) bond motifs is 1. The Morgan fingerprint density at radius 1 is 1.07 bits per heavy atom. The summed E-state index contributed by atoms with van der Waals surface area (Å²) in [6.07, 6.45) is 1.63. The van der Waals surface area contributed by atoms with Crippen molar-refractivity contribution in [2.24, 2.45) is 0 Å². The topological polar surface area (TPSA) is 69.0 Å². The number of ether oxygens (including phenoxy) is 1. The first-order valence-corrected chi connectivity index (χ1v) is 8.79. The number of para-hydroxylation sites is 2. The largest absolute Gasteiger partial charge is 0.412 e. The van der Waals surface area contributed by atoms with Crippen molar-refractivity contribution in [3.05, 3.63) is 84.6 Å². The Morgan fingerprint density at radius 2 is 1.93 bits per heavy atom. The second kappa shape index (κ2) is 7.87. The zero-order valence-electron chi connectivity index (χ0n) is 14.9. The van der Waals surface area contributed by atoms with Gasteiger partial charge in [-0.1, -0.05) is 24.3 Å². The quantitative estimate of drug-likeness (QED) is 0.574.